The van der Waals surface area contributed by atoms with Crippen LogP contribution in [-0.4, -0.2) is 80.7 Å². The second-order valence-electron chi connectivity index (χ2n) is 13.3. The Morgan fingerprint density at radius 1 is 1.03 bits per heavy atom. The van der Waals surface area contributed by atoms with Gasteiger partial charge in [-0.1, -0.05) is 32.9 Å². The van der Waals surface area contributed by atoms with Gasteiger partial charge in [-0.2, -0.15) is 8.42 Å². The molecule has 3 aliphatic carbocycles. The summed E-state index contributed by atoms with van der Waals surface area (Å²) in [6, 6.07) is 0. The van der Waals surface area contributed by atoms with E-state index in [1.54, 1.807) is 0 Å². The summed E-state index contributed by atoms with van der Waals surface area (Å²) in [5.74, 6) is -2.59. The second-order valence-corrected chi connectivity index (χ2v) is 14.9. The van der Waals surface area contributed by atoms with Crippen molar-refractivity contribution in [1.82, 2.24) is 0 Å². The Bertz CT molecular complexity index is 1080. The van der Waals surface area contributed by atoms with Crippen LogP contribution < -0.4 is 0 Å². The fraction of sp³-hybridized carbons (Fsp3) is 0.923. The van der Waals surface area contributed by atoms with Crippen LogP contribution in [0.1, 0.15) is 54.4 Å². The Hall–Kier alpha value is -0.590. The van der Waals surface area contributed by atoms with Crippen LogP contribution in [0.2, 0.25) is 0 Å². The van der Waals surface area contributed by atoms with Gasteiger partial charge in [0.05, 0.1) is 44.4 Å². The third-order valence-electron chi connectivity index (χ3n) is 10.0. The van der Waals surface area contributed by atoms with Gasteiger partial charge < -0.3 is 28.8 Å². The lowest BCUT2D eigenvalue weighted by atomic mass is 9.57. The molecule has 3 aliphatic heterocycles. The average Bonchev–Trinajstić information content (AvgIpc) is 3.21. The van der Waals surface area contributed by atoms with Crippen molar-refractivity contribution in [2.45, 2.75) is 95.5 Å². The Morgan fingerprint density at radius 2 is 1.69 bits per heavy atom. The van der Waals surface area contributed by atoms with Gasteiger partial charge in [-0.3, -0.25) is 4.18 Å². The van der Waals surface area contributed by atoms with E-state index in [4.69, 9.17) is 27.9 Å². The van der Waals surface area contributed by atoms with E-state index >= 15 is 0 Å². The summed E-state index contributed by atoms with van der Waals surface area (Å²) in [4.78, 5) is 0. The molecule has 204 valence electrons. The van der Waals surface area contributed by atoms with Gasteiger partial charge in [-0.15, -0.1) is 0 Å². The minimum Gasteiger partial charge on any atom is -0.386 e. The zero-order valence-electron chi connectivity index (χ0n) is 22.3. The van der Waals surface area contributed by atoms with Gasteiger partial charge in [0.1, 0.15) is 11.2 Å². The van der Waals surface area contributed by atoms with E-state index in [1.807, 2.05) is 39.8 Å². The Morgan fingerprint density at radius 3 is 2.33 bits per heavy atom. The van der Waals surface area contributed by atoms with Crippen molar-refractivity contribution in [3.8, 4) is 0 Å². The third kappa shape index (κ3) is 3.28. The number of fused-ring (bicyclic) bond motifs is 6. The summed E-state index contributed by atoms with van der Waals surface area (Å²) in [5.41, 5.74) is -3.49. The fourth-order valence-corrected chi connectivity index (χ4v) is 9.57. The van der Waals surface area contributed by atoms with Gasteiger partial charge in [0, 0.05) is 29.6 Å². The van der Waals surface area contributed by atoms with Crippen molar-refractivity contribution in [3.63, 3.8) is 0 Å². The molecule has 1 spiro atoms. The molecule has 6 rings (SSSR count). The SMILES string of the molecule is CC1(C)OC[C@@H]2[C@H](C=C[C@@]3(C)[C@@H](OS(C)(=O)=O)[C@H]4CC(C)(C)[C@]5(O[C@@H]5CC5(C)OCCO5)[C@@]4(O)[C@@H]23)O1. The zero-order chi connectivity index (χ0) is 26.2. The Labute approximate surface area is 213 Å². The molecule has 0 aromatic heterocycles. The van der Waals surface area contributed by atoms with Crippen molar-refractivity contribution >= 4 is 10.1 Å². The summed E-state index contributed by atoms with van der Waals surface area (Å²) in [7, 11) is -3.79. The molecule has 0 aromatic carbocycles. The van der Waals surface area contributed by atoms with E-state index in [2.05, 4.69) is 13.8 Å². The molecule has 9 atom stereocenters. The molecule has 9 nitrogen and oxygen atoms in total. The quantitative estimate of drug-likeness (QED) is 0.334. The predicted octanol–water partition coefficient (Wildman–Crippen LogP) is 2.37. The van der Waals surface area contributed by atoms with Crippen molar-refractivity contribution in [3.05, 3.63) is 12.2 Å². The molecule has 3 saturated heterocycles. The highest BCUT2D eigenvalue weighted by Gasteiger charge is 2.89. The molecule has 6 aliphatic rings. The number of epoxide rings is 1. The first-order chi connectivity index (χ1) is 16.5. The molecule has 10 heteroatoms. The molecule has 0 unspecified atom stereocenters. The summed E-state index contributed by atoms with van der Waals surface area (Å²) >= 11 is 0. The first kappa shape index (κ1) is 25.7. The van der Waals surface area contributed by atoms with Crippen LogP contribution in [-0.2, 0) is 38.0 Å². The van der Waals surface area contributed by atoms with Crippen LogP contribution >= 0.6 is 0 Å². The predicted molar refractivity (Wildman–Crippen MR) is 128 cm³/mol. The highest BCUT2D eigenvalue weighted by Crippen LogP contribution is 2.78. The van der Waals surface area contributed by atoms with Crippen LogP contribution in [0.15, 0.2) is 12.2 Å². The van der Waals surface area contributed by atoms with Crippen molar-refractivity contribution in [1.29, 1.82) is 0 Å². The van der Waals surface area contributed by atoms with Gasteiger partial charge in [-0.25, -0.2) is 0 Å². The lowest BCUT2D eigenvalue weighted by Crippen LogP contribution is -2.62. The van der Waals surface area contributed by atoms with E-state index < -0.39 is 61.7 Å². The molecule has 5 fully saturated rings. The maximum atomic E-state index is 13.1. The fourth-order valence-electron chi connectivity index (χ4n) is 8.85. The molecule has 0 amide bonds. The molecule has 36 heavy (non-hydrogen) atoms. The van der Waals surface area contributed by atoms with Crippen LogP contribution in [0.25, 0.3) is 0 Å². The van der Waals surface area contributed by atoms with Gasteiger partial charge in [0.15, 0.2) is 11.6 Å². The first-order valence-corrected chi connectivity index (χ1v) is 14.9. The number of rotatable bonds is 4. The average molecular weight is 529 g/mol. The molecule has 0 aromatic rings. The van der Waals surface area contributed by atoms with Crippen LogP contribution in [0.4, 0.5) is 0 Å². The van der Waals surface area contributed by atoms with E-state index in [0.717, 1.165) is 6.26 Å². The van der Waals surface area contributed by atoms with Gasteiger partial charge in [0.2, 0.25) is 0 Å². The second kappa shape index (κ2) is 7.33. The number of hydrogen-bond acceptors (Lipinski definition) is 9. The number of hydrogen-bond donors (Lipinski definition) is 1. The topological polar surface area (TPSA) is 113 Å². The zero-order valence-corrected chi connectivity index (χ0v) is 23.1. The first-order valence-electron chi connectivity index (χ1n) is 13.1. The summed E-state index contributed by atoms with van der Waals surface area (Å²) in [5, 5.41) is 13.1. The monoisotopic (exact) mass is 528 g/mol. The highest BCUT2D eigenvalue weighted by atomic mass is 32.2. The molecular formula is C26H40O9S. The lowest BCUT2D eigenvalue weighted by molar-refractivity contribution is -0.303. The van der Waals surface area contributed by atoms with Crippen LogP contribution in [0, 0.1) is 28.6 Å². The Kier molecular flexibility index (Phi) is 5.22. The van der Waals surface area contributed by atoms with Crippen LogP contribution in [0.5, 0.6) is 0 Å². The Balaban J connectivity index is 1.47. The summed E-state index contributed by atoms with van der Waals surface area (Å²) in [6.45, 7) is 13.3. The van der Waals surface area contributed by atoms with E-state index in [0.29, 0.717) is 32.7 Å². The van der Waals surface area contributed by atoms with Crippen molar-refractivity contribution < 1.29 is 41.4 Å². The van der Waals surface area contributed by atoms with Gasteiger partial charge in [-0.05, 0) is 32.6 Å². The molecule has 1 N–H and O–H groups in total. The highest BCUT2D eigenvalue weighted by molar-refractivity contribution is 7.86. The molecule has 0 bridgehead atoms. The largest absolute Gasteiger partial charge is 0.386 e. The smallest absolute Gasteiger partial charge is 0.264 e. The standard InChI is InChI=1S/C26H40O9S/c1-21(2)12-16-20(35-36(7,28)29)23(5)9-8-17-15(14-32-22(3,4)33-17)19(23)25(16,27)26(21)18(34-26)13-24(6)30-10-11-31-24/h8-9,15-20,27H,10-14H2,1-7H3/t15-,16-,17+,18-,19+,20+,23-,25+,26+/m1/s1. The lowest BCUT2D eigenvalue weighted by Gasteiger charge is -2.53. The van der Waals surface area contributed by atoms with Gasteiger partial charge in [0.25, 0.3) is 10.1 Å². The maximum absolute atomic E-state index is 13.1. The normalized spacial score (nSPS) is 51.7. The minimum atomic E-state index is -3.79. The van der Waals surface area contributed by atoms with Crippen LogP contribution in [0.3, 0.4) is 0 Å². The summed E-state index contributed by atoms with van der Waals surface area (Å²) < 4.78 is 61.6. The molecule has 3 heterocycles. The summed E-state index contributed by atoms with van der Waals surface area (Å²) in [6.07, 6.45) is 4.80. The van der Waals surface area contributed by atoms with E-state index in [9.17, 15) is 13.5 Å². The number of ether oxygens (including phenoxy) is 5. The van der Waals surface area contributed by atoms with E-state index in [1.165, 1.54) is 0 Å². The molecular weight excluding hydrogens is 488 g/mol. The van der Waals surface area contributed by atoms with Gasteiger partial charge >= 0.3 is 0 Å². The number of aliphatic hydroxyl groups is 1. The molecule has 2 saturated carbocycles. The van der Waals surface area contributed by atoms with E-state index in [-0.39, 0.29) is 18.1 Å². The molecule has 0 radical (unpaired) electrons. The maximum Gasteiger partial charge on any atom is 0.264 e. The van der Waals surface area contributed by atoms with Crippen molar-refractivity contribution in [2.75, 3.05) is 26.1 Å². The van der Waals surface area contributed by atoms with Crippen molar-refractivity contribution in [2.24, 2.45) is 28.6 Å². The third-order valence-corrected chi connectivity index (χ3v) is 10.6. The minimum absolute atomic E-state index is 0.195.